The van der Waals surface area contributed by atoms with Gasteiger partial charge in [-0.15, -0.1) is 0 Å². The fourth-order valence-corrected chi connectivity index (χ4v) is 1.44. The normalized spacial score (nSPS) is 9.81. The Bertz CT molecular complexity index is 546. The van der Waals surface area contributed by atoms with Crippen molar-refractivity contribution in [2.45, 2.75) is 6.42 Å². The van der Waals surface area contributed by atoms with Gasteiger partial charge in [0.05, 0.1) is 23.8 Å². The van der Waals surface area contributed by atoms with E-state index in [9.17, 15) is 19.7 Å². The smallest absolute Gasteiger partial charge is 0.313 e. The summed E-state index contributed by atoms with van der Waals surface area (Å²) in [6, 6.07) is 3.59. The topological polar surface area (TPSA) is 131 Å². The highest BCUT2D eigenvalue weighted by atomic mass is 16.6. The summed E-state index contributed by atoms with van der Waals surface area (Å²) in [5.74, 6) is -1.73. The lowest BCUT2D eigenvalue weighted by atomic mass is 10.2. The lowest BCUT2D eigenvalue weighted by molar-refractivity contribution is -0.384. The number of hydrogen-bond acceptors (Lipinski definition) is 6. The number of carbonyl (C=O) groups excluding carboxylic acids is 2. The average Bonchev–Trinajstić information content (AvgIpc) is 2.47. The maximum Gasteiger partial charge on any atom is 0.313 e. The minimum Gasteiger partial charge on any atom is -0.494 e. The molecular weight excluding hydrogens is 282 g/mol. The largest absolute Gasteiger partial charge is 0.494 e. The van der Waals surface area contributed by atoms with Crippen LogP contribution in [0.5, 0.6) is 5.75 Å². The van der Waals surface area contributed by atoms with Crippen LogP contribution < -0.4 is 15.4 Å². The van der Waals surface area contributed by atoms with Crippen molar-refractivity contribution in [1.82, 2.24) is 5.32 Å². The molecule has 0 heterocycles. The Hall–Kier alpha value is -2.68. The average molecular weight is 297 g/mol. The SMILES string of the molecule is COc1cc([N+](=O)[O-])ccc1NC(=O)C(=O)NCCCO. The Morgan fingerprint density at radius 3 is 2.67 bits per heavy atom. The maximum atomic E-state index is 11.6. The van der Waals surface area contributed by atoms with Crippen molar-refractivity contribution in [1.29, 1.82) is 0 Å². The first-order chi connectivity index (χ1) is 9.99. The van der Waals surface area contributed by atoms with E-state index in [2.05, 4.69) is 10.6 Å². The molecule has 2 amide bonds. The van der Waals surface area contributed by atoms with E-state index < -0.39 is 16.7 Å². The van der Waals surface area contributed by atoms with Crippen molar-refractivity contribution in [2.75, 3.05) is 25.6 Å². The fourth-order valence-electron chi connectivity index (χ4n) is 1.44. The first kappa shape index (κ1) is 16.4. The van der Waals surface area contributed by atoms with E-state index in [1.807, 2.05) is 0 Å². The second-order valence-corrected chi connectivity index (χ2v) is 3.93. The number of nitro groups is 1. The van der Waals surface area contributed by atoms with Crippen LogP contribution in [0.25, 0.3) is 0 Å². The molecule has 1 rings (SSSR count). The first-order valence-corrected chi connectivity index (χ1v) is 6.02. The molecule has 114 valence electrons. The van der Waals surface area contributed by atoms with Crippen molar-refractivity contribution in [2.24, 2.45) is 0 Å². The highest BCUT2D eigenvalue weighted by Gasteiger charge is 2.17. The molecule has 3 N–H and O–H groups in total. The number of amides is 2. The summed E-state index contributed by atoms with van der Waals surface area (Å²) in [7, 11) is 1.29. The van der Waals surface area contributed by atoms with Gasteiger partial charge in [-0.2, -0.15) is 0 Å². The number of ether oxygens (including phenoxy) is 1. The molecule has 0 bridgehead atoms. The number of methoxy groups -OCH3 is 1. The molecule has 0 fully saturated rings. The predicted octanol–water partition coefficient (Wildman–Crippen LogP) is 0.0405. The van der Waals surface area contributed by atoms with Gasteiger partial charge in [-0.3, -0.25) is 19.7 Å². The zero-order chi connectivity index (χ0) is 15.8. The van der Waals surface area contributed by atoms with Crippen LogP contribution in [-0.2, 0) is 9.59 Å². The number of nitro benzene ring substituents is 1. The van der Waals surface area contributed by atoms with Gasteiger partial charge in [0, 0.05) is 19.2 Å². The number of benzene rings is 1. The molecule has 0 spiro atoms. The number of hydrogen-bond donors (Lipinski definition) is 3. The molecular formula is C12H15N3O6. The number of aliphatic hydroxyl groups excluding tert-OH is 1. The van der Waals surface area contributed by atoms with Gasteiger partial charge in [0.2, 0.25) is 0 Å². The Balaban J connectivity index is 2.75. The molecule has 0 unspecified atom stereocenters. The van der Waals surface area contributed by atoms with Crippen LogP contribution in [0.3, 0.4) is 0 Å². The third kappa shape index (κ3) is 4.73. The van der Waals surface area contributed by atoms with Gasteiger partial charge in [0.1, 0.15) is 5.75 Å². The number of rotatable bonds is 6. The molecule has 0 aliphatic carbocycles. The molecule has 1 aromatic carbocycles. The third-order valence-corrected chi connectivity index (χ3v) is 2.47. The second kappa shape index (κ2) is 7.80. The maximum absolute atomic E-state index is 11.6. The van der Waals surface area contributed by atoms with Gasteiger partial charge in [0.15, 0.2) is 0 Å². The molecule has 21 heavy (non-hydrogen) atoms. The van der Waals surface area contributed by atoms with Crippen molar-refractivity contribution >= 4 is 23.2 Å². The van der Waals surface area contributed by atoms with E-state index in [4.69, 9.17) is 9.84 Å². The standard InChI is InChI=1S/C12H15N3O6/c1-21-10-7-8(15(19)20)3-4-9(10)14-12(18)11(17)13-5-2-6-16/h3-4,7,16H,2,5-6H2,1H3,(H,13,17)(H,14,18). The summed E-state index contributed by atoms with van der Waals surface area (Å²) in [6.07, 6.45) is 0.333. The third-order valence-electron chi connectivity index (χ3n) is 2.47. The Morgan fingerprint density at radius 1 is 1.38 bits per heavy atom. The van der Waals surface area contributed by atoms with E-state index in [0.29, 0.717) is 6.42 Å². The highest BCUT2D eigenvalue weighted by Crippen LogP contribution is 2.28. The quantitative estimate of drug-likeness (QED) is 0.294. The number of carbonyl (C=O) groups is 2. The van der Waals surface area contributed by atoms with Gasteiger partial charge in [0.25, 0.3) is 5.69 Å². The van der Waals surface area contributed by atoms with Crippen LogP contribution in [0.4, 0.5) is 11.4 Å². The van der Waals surface area contributed by atoms with Crippen LogP contribution in [0.1, 0.15) is 6.42 Å². The number of anilines is 1. The highest BCUT2D eigenvalue weighted by molar-refractivity contribution is 6.39. The summed E-state index contributed by atoms with van der Waals surface area (Å²) in [5, 5.41) is 23.8. The van der Waals surface area contributed by atoms with Crippen molar-refractivity contribution in [3.05, 3.63) is 28.3 Å². The predicted molar refractivity (Wildman–Crippen MR) is 73.0 cm³/mol. The molecule has 0 atom stereocenters. The van der Waals surface area contributed by atoms with E-state index in [-0.39, 0.29) is 30.3 Å². The van der Waals surface area contributed by atoms with Crippen LogP contribution in [0, 0.1) is 10.1 Å². The lowest BCUT2D eigenvalue weighted by Crippen LogP contribution is -2.36. The van der Waals surface area contributed by atoms with E-state index in [0.717, 1.165) is 6.07 Å². The molecule has 1 aromatic rings. The number of nitrogens with zero attached hydrogens (tertiary/aromatic N) is 1. The van der Waals surface area contributed by atoms with Crippen LogP contribution in [-0.4, -0.2) is 42.1 Å². The van der Waals surface area contributed by atoms with Gasteiger partial charge >= 0.3 is 11.8 Å². The molecule has 9 nitrogen and oxygen atoms in total. The molecule has 9 heteroatoms. The molecule has 0 aromatic heterocycles. The van der Waals surface area contributed by atoms with E-state index in [1.165, 1.54) is 19.2 Å². The molecule has 0 aliphatic heterocycles. The van der Waals surface area contributed by atoms with Gasteiger partial charge < -0.3 is 20.5 Å². The van der Waals surface area contributed by atoms with Crippen molar-refractivity contribution in [3.63, 3.8) is 0 Å². The van der Waals surface area contributed by atoms with Crippen LogP contribution in [0.15, 0.2) is 18.2 Å². The Morgan fingerprint density at radius 2 is 2.10 bits per heavy atom. The molecule has 0 saturated carbocycles. The Labute approximate surface area is 120 Å². The minimum absolute atomic E-state index is 0.0701. The summed E-state index contributed by atoms with van der Waals surface area (Å²) < 4.78 is 4.93. The minimum atomic E-state index is -0.930. The van der Waals surface area contributed by atoms with Crippen LogP contribution in [0.2, 0.25) is 0 Å². The monoisotopic (exact) mass is 297 g/mol. The second-order valence-electron chi connectivity index (χ2n) is 3.93. The number of nitrogens with one attached hydrogen (secondary N) is 2. The first-order valence-electron chi connectivity index (χ1n) is 6.02. The van der Waals surface area contributed by atoms with E-state index in [1.54, 1.807) is 0 Å². The van der Waals surface area contributed by atoms with Crippen molar-refractivity contribution in [3.8, 4) is 5.75 Å². The molecule has 0 radical (unpaired) electrons. The zero-order valence-electron chi connectivity index (χ0n) is 11.3. The lowest BCUT2D eigenvalue weighted by Gasteiger charge is -2.09. The Kier molecular flexibility index (Phi) is 6.08. The summed E-state index contributed by atoms with van der Waals surface area (Å²) >= 11 is 0. The van der Waals surface area contributed by atoms with E-state index >= 15 is 0 Å². The summed E-state index contributed by atoms with van der Waals surface area (Å²) in [4.78, 5) is 33.1. The number of aliphatic hydroxyl groups is 1. The number of non-ortho nitro benzene ring substituents is 1. The van der Waals surface area contributed by atoms with Gasteiger partial charge in [-0.1, -0.05) is 0 Å². The van der Waals surface area contributed by atoms with Crippen molar-refractivity contribution < 1.29 is 24.4 Å². The molecule has 0 saturated heterocycles. The molecule has 0 aliphatic rings. The fraction of sp³-hybridized carbons (Fsp3) is 0.333. The summed E-state index contributed by atoms with van der Waals surface area (Å²) in [5.41, 5.74) is -0.0531. The van der Waals surface area contributed by atoms with Gasteiger partial charge in [-0.25, -0.2) is 0 Å². The zero-order valence-corrected chi connectivity index (χ0v) is 11.3. The van der Waals surface area contributed by atoms with Crippen LogP contribution >= 0.6 is 0 Å². The summed E-state index contributed by atoms with van der Waals surface area (Å²) in [6.45, 7) is 0.0677. The van der Waals surface area contributed by atoms with Gasteiger partial charge in [-0.05, 0) is 12.5 Å².